The quantitative estimate of drug-likeness (QED) is 0.716. The Kier molecular flexibility index (Phi) is 5.08. The highest BCUT2D eigenvalue weighted by Crippen LogP contribution is 2.22. The minimum Gasteiger partial charge on any atom is -0.292 e. The van der Waals surface area contributed by atoms with Gasteiger partial charge >= 0.3 is 0 Å². The van der Waals surface area contributed by atoms with E-state index in [-0.39, 0.29) is 17.1 Å². The number of hydrogen-bond donors (Lipinski definition) is 1. The molecule has 0 aliphatic carbocycles. The van der Waals surface area contributed by atoms with Crippen LogP contribution in [0.15, 0.2) is 53.8 Å². The van der Waals surface area contributed by atoms with Crippen molar-refractivity contribution in [3.63, 3.8) is 0 Å². The Bertz CT molecular complexity index is 942. The van der Waals surface area contributed by atoms with Gasteiger partial charge in [-0.15, -0.1) is 10.2 Å². The summed E-state index contributed by atoms with van der Waals surface area (Å²) in [7, 11) is 0. The number of fused-ring (bicyclic) bond motifs is 1. The smallest absolute Gasteiger partial charge is 0.257 e. The lowest BCUT2D eigenvalue weighted by atomic mass is 9.87. The second-order valence-electron chi connectivity index (χ2n) is 6.90. The molecule has 0 saturated carbocycles. The average Bonchev–Trinajstić information content (AvgIpc) is 3.02. The van der Waals surface area contributed by atoms with Crippen LogP contribution in [0.3, 0.4) is 0 Å². The molecule has 26 heavy (non-hydrogen) atoms. The molecule has 7 heteroatoms. The first kappa shape index (κ1) is 18.1. The number of aromatic nitrogens is 3. The summed E-state index contributed by atoms with van der Waals surface area (Å²) >= 11 is 1.23. The zero-order valence-corrected chi connectivity index (χ0v) is 15.7. The van der Waals surface area contributed by atoms with Gasteiger partial charge in [-0.1, -0.05) is 50.7 Å². The summed E-state index contributed by atoms with van der Waals surface area (Å²) in [6, 6.07) is 12.9. The van der Waals surface area contributed by atoms with Crippen LogP contribution < -0.4 is 5.32 Å². The summed E-state index contributed by atoms with van der Waals surface area (Å²) in [6.45, 7) is 6.32. The van der Waals surface area contributed by atoms with Crippen molar-refractivity contribution in [3.05, 3.63) is 59.8 Å². The molecule has 0 saturated heterocycles. The molecule has 0 fully saturated rings. The molecular formula is C19H20N4O2S. The van der Waals surface area contributed by atoms with Crippen molar-refractivity contribution in [3.8, 4) is 0 Å². The lowest BCUT2D eigenvalue weighted by Crippen LogP contribution is -2.31. The molecule has 1 aromatic carbocycles. The number of nitrogens with one attached hydrogen (secondary N) is 1. The summed E-state index contributed by atoms with van der Waals surface area (Å²) in [5.41, 5.74) is 2.33. The third kappa shape index (κ3) is 4.11. The zero-order chi connectivity index (χ0) is 18.7. The van der Waals surface area contributed by atoms with Crippen molar-refractivity contribution < 1.29 is 9.59 Å². The second-order valence-corrected chi connectivity index (χ2v) is 7.85. The Morgan fingerprint density at radius 1 is 1.08 bits per heavy atom. The van der Waals surface area contributed by atoms with Gasteiger partial charge in [-0.05, 0) is 35.2 Å². The third-order valence-corrected chi connectivity index (χ3v) is 4.82. The largest absolute Gasteiger partial charge is 0.292 e. The number of nitrogens with zero attached hydrogens (tertiary/aromatic N) is 3. The first-order valence-electron chi connectivity index (χ1n) is 8.22. The Labute approximate surface area is 156 Å². The van der Waals surface area contributed by atoms with Crippen molar-refractivity contribution in [2.24, 2.45) is 0 Å². The van der Waals surface area contributed by atoms with E-state index >= 15 is 0 Å². The monoisotopic (exact) mass is 368 g/mol. The minimum atomic E-state index is -0.401. The maximum atomic E-state index is 12.2. The molecule has 3 aromatic rings. The number of rotatable bonds is 4. The summed E-state index contributed by atoms with van der Waals surface area (Å²) in [6.07, 6.45) is 1.83. The molecule has 0 spiro atoms. The highest BCUT2D eigenvalue weighted by molar-refractivity contribution is 7.99. The van der Waals surface area contributed by atoms with Crippen LogP contribution >= 0.6 is 11.8 Å². The molecular weight excluding hydrogens is 348 g/mol. The lowest BCUT2D eigenvalue weighted by molar-refractivity contribution is -0.117. The predicted molar refractivity (Wildman–Crippen MR) is 101 cm³/mol. The standard InChI is InChI=1S/C19H20N4O2S/c1-19(2,3)14-9-7-13(8-10-14)17(25)20-16(24)12-26-18-22-21-15-6-4-5-11-23(15)18/h4-11H,12H2,1-3H3,(H,20,24,25). The first-order valence-corrected chi connectivity index (χ1v) is 9.20. The van der Waals surface area contributed by atoms with Gasteiger partial charge in [-0.3, -0.25) is 19.3 Å². The molecule has 2 heterocycles. The molecule has 0 bridgehead atoms. The van der Waals surface area contributed by atoms with Crippen LogP contribution in [0.5, 0.6) is 0 Å². The normalized spacial score (nSPS) is 11.5. The summed E-state index contributed by atoms with van der Waals surface area (Å²) in [5.74, 6) is -0.684. The Hall–Kier alpha value is -2.67. The first-order chi connectivity index (χ1) is 12.3. The van der Waals surface area contributed by atoms with E-state index in [0.717, 1.165) is 5.56 Å². The second kappa shape index (κ2) is 7.29. The fourth-order valence-electron chi connectivity index (χ4n) is 2.40. The molecule has 2 aromatic heterocycles. The van der Waals surface area contributed by atoms with Gasteiger partial charge in [0.2, 0.25) is 5.91 Å². The van der Waals surface area contributed by atoms with E-state index in [9.17, 15) is 9.59 Å². The fraction of sp³-hybridized carbons (Fsp3) is 0.263. The van der Waals surface area contributed by atoms with E-state index in [1.807, 2.05) is 36.5 Å². The molecule has 0 aliphatic heterocycles. The van der Waals surface area contributed by atoms with Crippen LogP contribution in [-0.4, -0.2) is 32.2 Å². The van der Waals surface area contributed by atoms with Crippen molar-refractivity contribution in [1.82, 2.24) is 19.9 Å². The Morgan fingerprint density at radius 2 is 1.81 bits per heavy atom. The van der Waals surface area contributed by atoms with Crippen LogP contribution in [0.2, 0.25) is 0 Å². The van der Waals surface area contributed by atoms with Gasteiger partial charge < -0.3 is 0 Å². The summed E-state index contributed by atoms with van der Waals surface area (Å²) < 4.78 is 1.80. The highest BCUT2D eigenvalue weighted by Gasteiger charge is 2.16. The number of hydrogen-bond acceptors (Lipinski definition) is 5. The molecule has 0 unspecified atom stereocenters. The number of imide groups is 1. The fourth-order valence-corrected chi connectivity index (χ4v) is 3.13. The van der Waals surface area contributed by atoms with Crippen molar-refractivity contribution in [2.45, 2.75) is 31.3 Å². The number of carbonyl (C=O) groups excluding carboxylic acids is 2. The number of carbonyl (C=O) groups is 2. The van der Waals surface area contributed by atoms with E-state index in [1.54, 1.807) is 16.5 Å². The van der Waals surface area contributed by atoms with E-state index < -0.39 is 5.91 Å². The lowest BCUT2D eigenvalue weighted by Gasteiger charge is -2.18. The molecule has 0 aliphatic rings. The van der Waals surface area contributed by atoms with Crippen molar-refractivity contribution in [1.29, 1.82) is 0 Å². The SMILES string of the molecule is CC(C)(C)c1ccc(C(=O)NC(=O)CSc2nnc3ccccn23)cc1. The number of pyridine rings is 1. The van der Waals surface area contributed by atoms with Crippen LogP contribution in [0.25, 0.3) is 5.65 Å². The van der Waals surface area contributed by atoms with Crippen molar-refractivity contribution >= 4 is 29.2 Å². The van der Waals surface area contributed by atoms with Crippen LogP contribution in [0.4, 0.5) is 0 Å². The van der Waals surface area contributed by atoms with E-state index in [0.29, 0.717) is 16.4 Å². The van der Waals surface area contributed by atoms with Gasteiger partial charge in [0.05, 0.1) is 5.75 Å². The van der Waals surface area contributed by atoms with Gasteiger partial charge in [-0.2, -0.15) is 0 Å². The minimum absolute atomic E-state index is 0.0164. The van der Waals surface area contributed by atoms with Gasteiger partial charge in [0.15, 0.2) is 10.8 Å². The maximum Gasteiger partial charge on any atom is 0.257 e. The molecule has 1 N–H and O–H groups in total. The van der Waals surface area contributed by atoms with Crippen molar-refractivity contribution in [2.75, 3.05) is 5.75 Å². The average molecular weight is 368 g/mol. The number of thioether (sulfide) groups is 1. The number of benzene rings is 1. The van der Waals surface area contributed by atoms with E-state index in [1.165, 1.54) is 11.8 Å². The number of amides is 2. The molecule has 134 valence electrons. The van der Waals surface area contributed by atoms with Crippen LogP contribution in [0.1, 0.15) is 36.7 Å². The molecule has 0 radical (unpaired) electrons. The van der Waals surface area contributed by atoms with E-state index in [2.05, 4.69) is 36.3 Å². The molecule has 2 amide bonds. The van der Waals surface area contributed by atoms with Gasteiger partial charge in [0.1, 0.15) is 0 Å². The maximum absolute atomic E-state index is 12.2. The summed E-state index contributed by atoms with van der Waals surface area (Å²) in [4.78, 5) is 24.3. The zero-order valence-electron chi connectivity index (χ0n) is 14.9. The van der Waals surface area contributed by atoms with Gasteiger partial charge in [-0.25, -0.2) is 0 Å². The Balaban J connectivity index is 1.58. The Morgan fingerprint density at radius 3 is 2.50 bits per heavy atom. The van der Waals surface area contributed by atoms with Gasteiger partial charge in [0, 0.05) is 11.8 Å². The van der Waals surface area contributed by atoms with Crippen LogP contribution in [0, 0.1) is 0 Å². The molecule has 3 rings (SSSR count). The molecule has 0 atom stereocenters. The summed E-state index contributed by atoms with van der Waals surface area (Å²) in [5, 5.41) is 11.1. The van der Waals surface area contributed by atoms with E-state index in [4.69, 9.17) is 0 Å². The molecule has 6 nitrogen and oxygen atoms in total. The van der Waals surface area contributed by atoms with Crippen LogP contribution in [-0.2, 0) is 10.2 Å². The van der Waals surface area contributed by atoms with Gasteiger partial charge in [0.25, 0.3) is 5.91 Å². The highest BCUT2D eigenvalue weighted by atomic mass is 32.2. The predicted octanol–water partition coefficient (Wildman–Crippen LogP) is 3.08. The topological polar surface area (TPSA) is 76.4 Å². The third-order valence-electron chi connectivity index (χ3n) is 3.88.